The van der Waals surface area contributed by atoms with Gasteiger partial charge in [-0.05, 0) is 55.8 Å². The van der Waals surface area contributed by atoms with Gasteiger partial charge >= 0.3 is 5.97 Å². The zero-order valence-electron chi connectivity index (χ0n) is 18.7. The number of hydrogen-bond acceptors (Lipinski definition) is 5. The predicted octanol–water partition coefficient (Wildman–Crippen LogP) is 4.15. The highest BCUT2D eigenvalue weighted by molar-refractivity contribution is 7.92. The zero-order valence-corrected chi connectivity index (χ0v) is 19.5. The Morgan fingerprint density at radius 3 is 2.30 bits per heavy atom. The number of ether oxygens (including phenoxy) is 1. The molecule has 170 valence electrons. The Kier molecular flexibility index (Phi) is 6.20. The number of rotatable bonds is 7. The van der Waals surface area contributed by atoms with Crippen LogP contribution in [-0.2, 0) is 26.1 Å². The van der Waals surface area contributed by atoms with Gasteiger partial charge in [-0.3, -0.25) is 4.31 Å². The molecule has 0 amide bonds. The Morgan fingerprint density at radius 1 is 1.00 bits per heavy atom. The second-order valence-electron chi connectivity index (χ2n) is 7.71. The van der Waals surface area contributed by atoms with Gasteiger partial charge in [0.1, 0.15) is 11.9 Å². The summed E-state index contributed by atoms with van der Waals surface area (Å²) in [4.78, 5) is 16.9. The van der Waals surface area contributed by atoms with E-state index in [4.69, 9.17) is 4.74 Å². The van der Waals surface area contributed by atoms with Crippen molar-refractivity contribution in [2.24, 2.45) is 0 Å². The molecule has 0 fully saturated rings. The number of fused-ring (bicyclic) bond motifs is 1. The number of esters is 1. The van der Waals surface area contributed by atoms with Crippen LogP contribution in [0.2, 0.25) is 0 Å². The van der Waals surface area contributed by atoms with Crippen molar-refractivity contribution in [1.29, 1.82) is 0 Å². The molecule has 0 radical (unpaired) electrons. The van der Waals surface area contributed by atoms with Crippen molar-refractivity contribution in [3.05, 3.63) is 90.3 Å². The van der Waals surface area contributed by atoms with Crippen LogP contribution in [0.4, 0.5) is 5.69 Å². The number of benzene rings is 3. The zero-order chi connectivity index (χ0) is 23.6. The molecule has 0 aliphatic carbocycles. The molecule has 0 N–H and O–H groups in total. The number of sulfonamides is 1. The number of hydrogen-bond donors (Lipinski definition) is 0. The summed E-state index contributed by atoms with van der Waals surface area (Å²) >= 11 is 0. The third-order valence-electron chi connectivity index (χ3n) is 5.57. The Labute approximate surface area is 193 Å². The summed E-state index contributed by atoms with van der Waals surface area (Å²) in [7, 11) is -2.78. The summed E-state index contributed by atoms with van der Waals surface area (Å²) in [6, 6.07) is 22.1. The van der Waals surface area contributed by atoms with Crippen molar-refractivity contribution in [1.82, 2.24) is 9.55 Å². The summed E-state index contributed by atoms with van der Waals surface area (Å²) in [5.74, 6) is 0.247. The van der Waals surface area contributed by atoms with E-state index in [-0.39, 0.29) is 4.90 Å². The smallest absolute Gasteiger partial charge is 0.329 e. The number of aromatic nitrogens is 2. The molecule has 0 bridgehead atoms. The number of methoxy groups -OCH3 is 1. The highest BCUT2D eigenvalue weighted by atomic mass is 32.2. The van der Waals surface area contributed by atoms with Crippen molar-refractivity contribution in [2.45, 2.75) is 31.3 Å². The maximum atomic E-state index is 13.6. The van der Waals surface area contributed by atoms with Crippen LogP contribution in [0.25, 0.3) is 11.0 Å². The molecule has 3 aromatic carbocycles. The van der Waals surface area contributed by atoms with Crippen LogP contribution in [0, 0.1) is 6.92 Å². The van der Waals surface area contributed by atoms with E-state index in [1.54, 1.807) is 54.6 Å². The van der Waals surface area contributed by atoms with Crippen molar-refractivity contribution >= 4 is 32.7 Å². The largest absolute Gasteiger partial charge is 0.467 e. The number of nitrogens with zero attached hydrogens (tertiary/aromatic N) is 3. The quantitative estimate of drug-likeness (QED) is 0.385. The molecule has 7 nitrogen and oxygen atoms in total. The maximum Gasteiger partial charge on any atom is 0.329 e. The summed E-state index contributed by atoms with van der Waals surface area (Å²) in [6.07, 6.45) is 0. The lowest BCUT2D eigenvalue weighted by molar-refractivity contribution is -0.141. The Hall–Kier alpha value is -3.65. The Morgan fingerprint density at radius 2 is 1.64 bits per heavy atom. The molecular formula is C25H25N3O4S. The van der Waals surface area contributed by atoms with Gasteiger partial charge in [0.05, 0.1) is 28.7 Å². The fourth-order valence-electron chi connectivity index (χ4n) is 3.87. The van der Waals surface area contributed by atoms with Gasteiger partial charge in [0, 0.05) is 6.54 Å². The van der Waals surface area contributed by atoms with E-state index in [9.17, 15) is 13.2 Å². The van der Waals surface area contributed by atoms with Crippen LogP contribution in [0.15, 0.2) is 83.8 Å². The predicted molar refractivity (Wildman–Crippen MR) is 128 cm³/mol. The highest BCUT2D eigenvalue weighted by Gasteiger charge is 2.33. The average molecular weight is 464 g/mol. The van der Waals surface area contributed by atoms with Crippen LogP contribution in [-0.4, -0.2) is 37.1 Å². The van der Waals surface area contributed by atoms with Gasteiger partial charge in [0.25, 0.3) is 10.0 Å². The summed E-state index contributed by atoms with van der Waals surface area (Å²) in [5, 5.41) is 0. The van der Waals surface area contributed by atoms with E-state index in [1.807, 2.05) is 31.2 Å². The van der Waals surface area contributed by atoms with Gasteiger partial charge < -0.3 is 9.30 Å². The molecule has 4 aromatic rings. The molecule has 0 unspecified atom stereocenters. The van der Waals surface area contributed by atoms with Gasteiger partial charge in [0.15, 0.2) is 0 Å². The third-order valence-corrected chi connectivity index (χ3v) is 7.48. The van der Waals surface area contributed by atoms with Gasteiger partial charge in [-0.2, -0.15) is 0 Å². The molecule has 8 heteroatoms. The van der Waals surface area contributed by atoms with Crippen molar-refractivity contribution in [3.8, 4) is 0 Å². The number of para-hydroxylation sites is 3. The summed E-state index contributed by atoms with van der Waals surface area (Å²) in [6.45, 7) is 4.02. The second kappa shape index (κ2) is 9.07. The van der Waals surface area contributed by atoms with E-state index in [2.05, 4.69) is 9.55 Å². The standard InChI is InChI=1S/C25H25N3O4S/c1-18(25(29)32-3)28(21-9-5-4-6-10-21)33(30,31)22-15-13-20(14-16-22)17-27-19(2)26-23-11-7-8-12-24(23)27/h4-16,18H,17H2,1-3H3/t18-/m0/s1. The average Bonchev–Trinajstić information content (AvgIpc) is 3.14. The van der Waals surface area contributed by atoms with Crippen molar-refractivity contribution in [2.75, 3.05) is 11.4 Å². The molecule has 0 aliphatic rings. The lowest BCUT2D eigenvalue weighted by Crippen LogP contribution is -2.44. The SMILES string of the molecule is COC(=O)[C@H](C)N(c1ccccc1)S(=O)(=O)c1ccc(Cn2c(C)nc3ccccc32)cc1. The topological polar surface area (TPSA) is 81.5 Å². The van der Waals surface area contributed by atoms with Crippen molar-refractivity contribution < 1.29 is 17.9 Å². The fraction of sp³-hybridized carbons (Fsp3) is 0.200. The minimum Gasteiger partial charge on any atom is -0.467 e. The van der Waals surface area contributed by atoms with Gasteiger partial charge in [-0.25, -0.2) is 18.2 Å². The first-order chi connectivity index (χ1) is 15.8. The minimum absolute atomic E-state index is 0.0954. The first kappa shape index (κ1) is 22.5. The molecular weight excluding hydrogens is 438 g/mol. The fourth-order valence-corrected chi connectivity index (χ4v) is 5.48. The van der Waals surface area contributed by atoms with E-state index < -0.39 is 22.0 Å². The molecule has 1 aromatic heterocycles. The number of aryl methyl sites for hydroxylation is 1. The molecule has 0 saturated heterocycles. The Balaban J connectivity index is 1.67. The number of imidazole rings is 1. The number of carbonyl (C=O) groups excluding carboxylic acids is 1. The molecule has 4 rings (SSSR count). The summed E-state index contributed by atoms with van der Waals surface area (Å²) < 4.78 is 35.1. The first-order valence-corrected chi connectivity index (χ1v) is 11.9. The van der Waals surface area contributed by atoms with Gasteiger partial charge in [-0.1, -0.05) is 42.5 Å². The third kappa shape index (κ3) is 4.34. The van der Waals surface area contributed by atoms with Crippen LogP contribution < -0.4 is 4.31 Å². The number of carbonyl (C=O) groups is 1. The number of anilines is 1. The van der Waals surface area contributed by atoms with E-state index in [1.165, 1.54) is 14.0 Å². The minimum atomic E-state index is -4.02. The van der Waals surface area contributed by atoms with Crippen LogP contribution >= 0.6 is 0 Å². The van der Waals surface area contributed by atoms with E-state index in [0.717, 1.165) is 26.7 Å². The molecule has 1 atom stereocenters. The lowest BCUT2D eigenvalue weighted by Gasteiger charge is -2.28. The highest BCUT2D eigenvalue weighted by Crippen LogP contribution is 2.27. The van der Waals surface area contributed by atoms with Crippen molar-refractivity contribution in [3.63, 3.8) is 0 Å². The monoisotopic (exact) mass is 463 g/mol. The van der Waals surface area contributed by atoms with Crippen LogP contribution in [0.3, 0.4) is 0 Å². The molecule has 33 heavy (non-hydrogen) atoms. The summed E-state index contributed by atoms with van der Waals surface area (Å²) in [5.41, 5.74) is 3.27. The van der Waals surface area contributed by atoms with E-state index >= 15 is 0 Å². The maximum absolute atomic E-state index is 13.6. The Bertz CT molecular complexity index is 1380. The van der Waals surface area contributed by atoms with Crippen LogP contribution in [0.1, 0.15) is 18.3 Å². The normalized spacial score (nSPS) is 12.5. The van der Waals surface area contributed by atoms with Gasteiger partial charge in [0.2, 0.25) is 0 Å². The molecule has 0 saturated carbocycles. The van der Waals surface area contributed by atoms with Gasteiger partial charge in [-0.15, -0.1) is 0 Å². The molecule has 0 aliphatic heterocycles. The second-order valence-corrected chi connectivity index (χ2v) is 9.53. The molecule has 0 spiro atoms. The van der Waals surface area contributed by atoms with Crippen LogP contribution in [0.5, 0.6) is 0 Å². The first-order valence-electron chi connectivity index (χ1n) is 10.5. The molecule has 1 heterocycles. The van der Waals surface area contributed by atoms with E-state index in [0.29, 0.717) is 12.2 Å². The lowest BCUT2D eigenvalue weighted by atomic mass is 10.2.